The normalized spacial score (nSPS) is 12.9. The van der Waals surface area contributed by atoms with Crippen LogP contribution >= 0.6 is 11.6 Å². The van der Waals surface area contributed by atoms with Gasteiger partial charge in [0.15, 0.2) is 0 Å². The maximum Gasteiger partial charge on any atom is 0.115 e. The van der Waals surface area contributed by atoms with E-state index in [0.29, 0.717) is 17.5 Å². The van der Waals surface area contributed by atoms with Gasteiger partial charge in [-0.3, -0.25) is 0 Å². The van der Waals surface area contributed by atoms with Crippen LogP contribution in [-0.4, -0.2) is 11.0 Å². The Morgan fingerprint density at radius 2 is 1.91 bits per heavy atom. The predicted octanol–water partition coefficient (Wildman–Crippen LogP) is 2.73. The van der Waals surface area contributed by atoms with Crippen LogP contribution in [0.3, 0.4) is 0 Å². The van der Waals surface area contributed by atoms with Crippen LogP contribution in [0.1, 0.15) is 18.4 Å². The molecule has 0 amide bonds. The maximum atomic E-state index is 8.98. The first-order valence-electron chi connectivity index (χ1n) is 3.59. The average Bonchev–Trinajstić information content (AvgIpc) is 2.05. The number of rotatable bonds is 2. The molecule has 1 unspecified atom stereocenters. The fourth-order valence-electron chi connectivity index (χ4n) is 0.892. The number of phenolic OH excluding ortho intramolecular Hbond substituents is 1. The molecule has 0 heterocycles. The smallest absolute Gasteiger partial charge is 0.115 e. The van der Waals surface area contributed by atoms with Crippen LogP contribution in [0.25, 0.3) is 0 Å². The minimum Gasteiger partial charge on any atom is -0.508 e. The van der Waals surface area contributed by atoms with Crippen LogP contribution in [0.15, 0.2) is 24.3 Å². The topological polar surface area (TPSA) is 20.2 Å². The highest BCUT2D eigenvalue weighted by atomic mass is 35.5. The molecular weight excluding hydrogens is 160 g/mol. The van der Waals surface area contributed by atoms with E-state index in [1.165, 1.54) is 0 Å². The van der Waals surface area contributed by atoms with Crippen molar-refractivity contribution in [1.82, 2.24) is 0 Å². The molecule has 1 N–H and O–H groups in total. The van der Waals surface area contributed by atoms with Gasteiger partial charge in [0.05, 0.1) is 0 Å². The fraction of sp³-hybridized carbons (Fsp3) is 0.333. The quantitative estimate of drug-likeness (QED) is 0.677. The van der Waals surface area contributed by atoms with Gasteiger partial charge in [0.1, 0.15) is 5.75 Å². The zero-order valence-corrected chi connectivity index (χ0v) is 7.17. The summed E-state index contributed by atoms with van der Waals surface area (Å²) in [6.07, 6.45) is 0. The fourth-order valence-corrected chi connectivity index (χ4v) is 1.07. The van der Waals surface area contributed by atoms with E-state index in [1.54, 1.807) is 12.1 Å². The largest absolute Gasteiger partial charge is 0.508 e. The van der Waals surface area contributed by atoms with E-state index in [4.69, 9.17) is 16.7 Å². The molecule has 11 heavy (non-hydrogen) atoms. The van der Waals surface area contributed by atoms with E-state index in [9.17, 15) is 0 Å². The molecule has 1 aromatic carbocycles. The van der Waals surface area contributed by atoms with Crippen LogP contribution in [0.4, 0.5) is 0 Å². The molecule has 0 fully saturated rings. The zero-order chi connectivity index (χ0) is 8.27. The highest BCUT2D eigenvalue weighted by molar-refractivity contribution is 6.18. The predicted molar refractivity (Wildman–Crippen MR) is 47.2 cm³/mol. The lowest BCUT2D eigenvalue weighted by Crippen LogP contribution is -1.92. The number of hydrogen-bond donors (Lipinski definition) is 1. The van der Waals surface area contributed by atoms with E-state index in [-0.39, 0.29) is 0 Å². The molecule has 0 saturated heterocycles. The van der Waals surface area contributed by atoms with Gasteiger partial charge < -0.3 is 5.11 Å². The number of benzene rings is 1. The lowest BCUT2D eigenvalue weighted by molar-refractivity contribution is 0.475. The molecule has 0 aromatic heterocycles. The molecule has 0 spiro atoms. The molecular formula is C9H11ClO. The summed E-state index contributed by atoms with van der Waals surface area (Å²) in [4.78, 5) is 0. The molecule has 0 aliphatic heterocycles. The SMILES string of the molecule is CC(CCl)c1ccc(O)cc1. The molecule has 0 bridgehead atoms. The van der Waals surface area contributed by atoms with Gasteiger partial charge in [-0.25, -0.2) is 0 Å². The van der Waals surface area contributed by atoms with Crippen LogP contribution in [0, 0.1) is 0 Å². The third-order valence-electron chi connectivity index (χ3n) is 1.69. The van der Waals surface area contributed by atoms with Crippen molar-refractivity contribution in [2.24, 2.45) is 0 Å². The second-order valence-electron chi connectivity index (χ2n) is 2.65. The van der Waals surface area contributed by atoms with Crippen LogP contribution in [0.5, 0.6) is 5.75 Å². The summed E-state index contributed by atoms with van der Waals surface area (Å²) in [5.41, 5.74) is 1.16. The molecule has 0 aliphatic rings. The first kappa shape index (κ1) is 8.41. The van der Waals surface area contributed by atoms with Crippen molar-refractivity contribution in [3.63, 3.8) is 0 Å². The lowest BCUT2D eigenvalue weighted by atomic mass is 10.0. The number of halogens is 1. The van der Waals surface area contributed by atoms with Crippen molar-refractivity contribution in [2.75, 3.05) is 5.88 Å². The third-order valence-corrected chi connectivity index (χ3v) is 2.16. The van der Waals surface area contributed by atoms with Gasteiger partial charge in [-0.1, -0.05) is 19.1 Å². The molecule has 0 radical (unpaired) electrons. The highest BCUT2D eigenvalue weighted by Crippen LogP contribution is 2.18. The molecule has 1 rings (SSSR count). The second-order valence-corrected chi connectivity index (χ2v) is 2.96. The molecule has 0 aliphatic carbocycles. The van der Waals surface area contributed by atoms with Gasteiger partial charge in [-0.05, 0) is 23.6 Å². The Bertz CT molecular complexity index is 218. The van der Waals surface area contributed by atoms with Gasteiger partial charge in [-0.2, -0.15) is 0 Å². The summed E-state index contributed by atoms with van der Waals surface area (Å²) < 4.78 is 0. The zero-order valence-electron chi connectivity index (χ0n) is 6.42. The summed E-state index contributed by atoms with van der Waals surface area (Å²) in [5.74, 6) is 1.28. The Hall–Kier alpha value is -0.690. The first-order valence-corrected chi connectivity index (χ1v) is 4.12. The van der Waals surface area contributed by atoms with Crippen molar-refractivity contribution in [3.8, 4) is 5.75 Å². The van der Waals surface area contributed by atoms with Crippen molar-refractivity contribution in [3.05, 3.63) is 29.8 Å². The summed E-state index contributed by atoms with van der Waals surface area (Å²) in [6, 6.07) is 7.14. The Morgan fingerprint density at radius 3 is 2.36 bits per heavy atom. The molecule has 1 nitrogen and oxygen atoms in total. The monoisotopic (exact) mass is 170 g/mol. The van der Waals surface area contributed by atoms with E-state index in [1.807, 2.05) is 12.1 Å². The Morgan fingerprint density at radius 1 is 1.36 bits per heavy atom. The molecule has 1 atom stereocenters. The molecule has 2 heteroatoms. The number of phenols is 1. The third kappa shape index (κ3) is 2.12. The Labute approximate surface area is 71.6 Å². The van der Waals surface area contributed by atoms with E-state index in [2.05, 4.69) is 6.92 Å². The Balaban J connectivity index is 2.81. The lowest BCUT2D eigenvalue weighted by Gasteiger charge is -2.06. The van der Waals surface area contributed by atoms with Crippen molar-refractivity contribution in [2.45, 2.75) is 12.8 Å². The van der Waals surface area contributed by atoms with Gasteiger partial charge in [-0.15, -0.1) is 11.6 Å². The van der Waals surface area contributed by atoms with Gasteiger partial charge >= 0.3 is 0 Å². The standard InChI is InChI=1S/C9H11ClO/c1-7(6-10)8-2-4-9(11)5-3-8/h2-5,7,11H,6H2,1H3. The average molecular weight is 171 g/mol. The van der Waals surface area contributed by atoms with Crippen molar-refractivity contribution in [1.29, 1.82) is 0 Å². The summed E-state index contributed by atoms with van der Waals surface area (Å²) in [7, 11) is 0. The molecule has 1 aromatic rings. The highest BCUT2D eigenvalue weighted by Gasteiger charge is 2.01. The van der Waals surface area contributed by atoms with Crippen LogP contribution in [-0.2, 0) is 0 Å². The summed E-state index contributed by atoms with van der Waals surface area (Å²) >= 11 is 5.66. The van der Waals surface area contributed by atoms with Crippen molar-refractivity contribution < 1.29 is 5.11 Å². The number of aromatic hydroxyl groups is 1. The van der Waals surface area contributed by atoms with Crippen molar-refractivity contribution >= 4 is 11.6 Å². The van der Waals surface area contributed by atoms with E-state index in [0.717, 1.165) is 5.56 Å². The summed E-state index contributed by atoms with van der Waals surface area (Å²) in [5, 5.41) is 8.98. The second kappa shape index (κ2) is 3.63. The number of alkyl halides is 1. The van der Waals surface area contributed by atoms with Gasteiger partial charge in [0.25, 0.3) is 0 Å². The van der Waals surface area contributed by atoms with Gasteiger partial charge in [0.2, 0.25) is 0 Å². The minimum atomic E-state index is 0.301. The first-order chi connectivity index (χ1) is 5.24. The Kier molecular flexibility index (Phi) is 2.77. The summed E-state index contributed by atoms with van der Waals surface area (Å²) in [6.45, 7) is 2.05. The molecule has 60 valence electrons. The van der Waals surface area contributed by atoms with E-state index < -0.39 is 0 Å². The van der Waals surface area contributed by atoms with Crippen LogP contribution < -0.4 is 0 Å². The van der Waals surface area contributed by atoms with Gasteiger partial charge in [0, 0.05) is 5.88 Å². The molecule has 0 saturated carbocycles. The maximum absolute atomic E-state index is 8.98. The minimum absolute atomic E-state index is 0.301. The van der Waals surface area contributed by atoms with Crippen LogP contribution in [0.2, 0.25) is 0 Å². The number of hydrogen-bond acceptors (Lipinski definition) is 1. The van der Waals surface area contributed by atoms with E-state index >= 15 is 0 Å².